The molecule has 0 radical (unpaired) electrons. The summed E-state index contributed by atoms with van der Waals surface area (Å²) in [7, 11) is 3.91. The maximum atomic E-state index is 6.06. The van der Waals surface area contributed by atoms with Gasteiger partial charge < -0.3 is 19.5 Å². The Morgan fingerprint density at radius 2 is 1.88 bits per heavy atom. The maximum absolute atomic E-state index is 6.06. The molecule has 3 rings (SSSR count). The van der Waals surface area contributed by atoms with Crippen LogP contribution in [0.25, 0.3) is 0 Å². The molecule has 0 aliphatic carbocycles. The van der Waals surface area contributed by atoms with Gasteiger partial charge in [0.2, 0.25) is 0 Å². The Morgan fingerprint density at radius 3 is 2.48 bits per heavy atom. The van der Waals surface area contributed by atoms with Gasteiger partial charge in [0.05, 0.1) is 6.54 Å². The molecule has 5 nitrogen and oxygen atoms in total. The third-order valence-electron chi connectivity index (χ3n) is 4.48. The molecule has 25 heavy (non-hydrogen) atoms. The molecule has 0 bridgehead atoms. The lowest BCUT2D eigenvalue weighted by atomic mass is 10.1. The fourth-order valence-electron chi connectivity index (χ4n) is 3.06. The van der Waals surface area contributed by atoms with Gasteiger partial charge in [-0.3, -0.25) is 4.99 Å². The summed E-state index contributed by atoms with van der Waals surface area (Å²) in [5.74, 6) is 1.93. The second-order valence-corrected chi connectivity index (χ2v) is 6.13. The summed E-state index contributed by atoms with van der Waals surface area (Å²) in [6.45, 7) is 2.71. The molecule has 2 aromatic rings. The molecule has 1 aromatic heterocycles. The number of aromatic nitrogens is 1. The fraction of sp³-hybridized carbons (Fsp3) is 0.421. The van der Waals surface area contributed by atoms with Crippen molar-refractivity contribution in [2.75, 3.05) is 20.1 Å². The van der Waals surface area contributed by atoms with E-state index in [-0.39, 0.29) is 30.1 Å². The van der Waals surface area contributed by atoms with Crippen LogP contribution in [-0.4, -0.2) is 41.7 Å². The topological polar surface area (TPSA) is 41.8 Å². The standard InChI is InChI=1S/C19H26N4O.HI/c1-20-19(21-15-16-7-6-12-22(16)2)23-13-10-18(11-14-23)24-17-8-4-3-5-9-17;/h3-9,12,18H,10-11,13-15H2,1-2H3,(H,20,21);1H. The van der Waals surface area contributed by atoms with E-state index in [1.54, 1.807) is 0 Å². The van der Waals surface area contributed by atoms with Crippen LogP contribution in [0.1, 0.15) is 18.5 Å². The minimum Gasteiger partial charge on any atom is -0.490 e. The predicted octanol–water partition coefficient (Wildman–Crippen LogP) is 3.26. The van der Waals surface area contributed by atoms with Gasteiger partial charge in [0.25, 0.3) is 0 Å². The minimum atomic E-state index is 0. The van der Waals surface area contributed by atoms with Crippen molar-refractivity contribution in [2.45, 2.75) is 25.5 Å². The van der Waals surface area contributed by atoms with E-state index in [4.69, 9.17) is 4.74 Å². The molecule has 0 unspecified atom stereocenters. The lowest BCUT2D eigenvalue weighted by Crippen LogP contribution is -2.47. The van der Waals surface area contributed by atoms with E-state index in [0.29, 0.717) is 0 Å². The molecule has 0 atom stereocenters. The largest absolute Gasteiger partial charge is 0.490 e. The summed E-state index contributed by atoms with van der Waals surface area (Å²) >= 11 is 0. The van der Waals surface area contributed by atoms with Gasteiger partial charge in [0, 0.05) is 51.9 Å². The number of ether oxygens (including phenoxy) is 1. The molecule has 1 saturated heterocycles. The van der Waals surface area contributed by atoms with Crippen molar-refractivity contribution in [2.24, 2.45) is 12.0 Å². The number of piperidine rings is 1. The number of para-hydroxylation sites is 1. The first-order chi connectivity index (χ1) is 11.8. The van der Waals surface area contributed by atoms with Gasteiger partial charge in [-0.25, -0.2) is 0 Å². The van der Waals surface area contributed by atoms with Gasteiger partial charge in [-0.1, -0.05) is 18.2 Å². The number of benzene rings is 1. The smallest absolute Gasteiger partial charge is 0.193 e. The van der Waals surface area contributed by atoms with Crippen LogP contribution in [0, 0.1) is 0 Å². The first kappa shape index (κ1) is 19.6. The average molecular weight is 454 g/mol. The number of hydrogen-bond acceptors (Lipinski definition) is 2. The summed E-state index contributed by atoms with van der Waals surface area (Å²) in [6, 6.07) is 14.3. The second-order valence-electron chi connectivity index (χ2n) is 6.13. The first-order valence-corrected chi connectivity index (χ1v) is 8.54. The van der Waals surface area contributed by atoms with Crippen LogP contribution >= 0.6 is 24.0 Å². The van der Waals surface area contributed by atoms with E-state index in [9.17, 15) is 0 Å². The van der Waals surface area contributed by atoms with Crippen molar-refractivity contribution in [1.29, 1.82) is 0 Å². The SMILES string of the molecule is CN=C(NCc1cccn1C)N1CCC(Oc2ccccc2)CC1.I. The van der Waals surface area contributed by atoms with E-state index in [1.807, 2.05) is 37.4 Å². The molecule has 136 valence electrons. The number of aliphatic imine (C=N–C) groups is 1. The zero-order valence-electron chi connectivity index (χ0n) is 14.9. The third-order valence-corrected chi connectivity index (χ3v) is 4.48. The number of nitrogens with zero attached hydrogens (tertiary/aromatic N) is 3. The molecule has 0 saturated carbocycles. The summed E-state index contributed by atoms with van der Waals surface area (Å²) in [4.78, 5) is 6.74. The van der Waals surface area contributed by atoms with Crippen molar-refractivity contribution in [3.8, 4) is 5.75 Å². The van der Waals surface area contributed by atoms with Crippen LogP contribution < -0.4 is 10.1 Å². The second kappa shape index (κ2) is 9.70. The zero-order chi connectivity index (χ0) is 16.8. The lowest BCUT2D eigenvalue weighted by molar-refractivity contribution is 0.129. The number of guanidine groups is 1. The molecule has 2 heterocycles. The first-order valence-electron chi connectivity index (χ1n) is 8.54. The van der Waals surface area contributed by atoms with E-state index in [0.717, 1.165) is 44.2 Å². The quantitative estimate of drug-likeness (QED) is 0.438. The highest BCUT2D eigenvalue weighted by molar-refractivity contribution is 14.0. The summed E-state index contributed by atoms with van der Waals surface area (Å²) in [5, 5.41) is 3.46. The highest BCUT2D eigenvalue weighted by atomic mass is 127. The molecule has 6 heteroatoms. The monoisotopic (exact) mass is 454 g/mol. The van der Waals surface area contributed by atoms with Crippen molar-refractivity contribution in [3.05, 3.63) is 54.4 Å². The fourth-order valence-corrected chi connectivity index (χ4v) is 3.06. The molecular formula is C19H27IN4O. The third kappa shape index (κ3) is 5.39. The lowest BCUT2D eigenvalue weighted by Gasteiger charge is -2.34. The molecule has 1 fully saturated rings. The van der Waals surface area contributed by atoms with Gasteiger partial charge >= 0.3 is 0 Å². The minimum absolute atomic E-state index is 0. The van der Waals surface area contributed by atoms with E-state index < -0.39 is 0 Å². The van der Waals surface area contributed by atoms with Gasteiger partial charge in [-0.15, -0.1) is 24.0 Å². The number of nitrogens with one attached hydrogen (secondary N) is 1. The molecule has 0 spiro atoms. The number of halogens is 1. The van der Waals surface area contributed by atoms with Gasteiger partial charge in [0.1, 0.15) is 11.9 Å². The molecule has 0 amide bonds. The van der Waals surface area contributed by atoms with E-state index in [2.05, 4.69) is 45.2 Å². The predicted molar refractivity (Wildman–Crippen MR) is 113 cm³/mol. The van der Waals surface area contributed by atoms with Gasteiger partial charge in [-0.05, 0) is 24.3 Å². The van der Waals surface area contributed by atoms with Crippen molar-refractivity contribution >= 4 is 29.9 Å². The Morgan fingerprint density at radius 1 is 1.16 bits per heavy atom. The van der Waals surface area contributed by atoms with Gasteiger partial charge in [0.15, 0.2) is 5.96 Å². The zero-order valence-corrected chi connectivity index (χ0v) is 17.2. The van der Waals surface area contributed by atoms with E-state index >= 15 is 0 Å². The summed E-state index contributed by atoms with van der Waals surface area (Å²) < 4.78 is 8.19. The Bertz CT molecular complexity index is 663. The normalized spacial score (nSPS) is 15.6. The Balaban J connectivity index is 0.00000225. The summed E-state index contributed by atoms with van der Waals surface area (Å²) in [6.07, 6.45) is 4.38. The molecule has 1 aromatic carbocycles. The van der Waals surface area contributed by atoms with Crippen molar-refractivity contribution in [3.63, 3.8) is 0 Å². The Hall–Kier alpha value is -1.70. The van der Waals surface area contributed by atoms with Crippen LogP contribution in [0.15, 0.2) is 53.7 Å². The molecule has 1 aliphatic rings. The Labute approximate surface area is 167 Å². The maximum Gasteiger partial charge on any atom is 0.193 e. The van der Waals surface area contributed by atoms with Gasteiger partial charge in [-0.2, -0.15) is 0 Å². The van der Waals surface area contributed by atoms with E-state index in [1.165, 1.54) is 5.69 Å². The number of hydrogen-bond donors (Lipinski definition) is 1. The van der Waals surface area contributed by atoms with Crippen LogP contribution in [-0.2, 0) is 13.6 Å². The number of rotatable bonds is 4. The number of aryl methyl sites for hydroxylation is 1. The van der Waals surface area contributed by atoms with Crippen LogP contribution in [0.5, 0.6) is 5.75 Å². The molecular weight excluding hydrogens is 427 g/mol. The highest BCUT2D eigenvalue weighted by Gasteiger charge is 2.22. The van der Waals surface area contributed by atoms with Crippen LogP contribution in [0.4, 0.5) is 0 Å². The highest BCUT2D eigenvalue weighted by Crippen LogP contribution is 2.18. The van der Waals surface area contributed by atoms with Crippen molar-refractivity contribution in [1.82, 2.24) is 14.8 Å². The average Bonchev–Trinajstić information content (AvgIpc) is 3.03. The number of likely N-dealkylation sites (tertiary alicyclic amines) is 1. The molecule has 1 N–H and O–H groups in total. The van der Waals surface area contributed by atoms with Crippen molar-refractivity contribution < 1.29 is 4.74 Å². The van der Waals surface area contributed by atoms with Crippen LogP contribution in [0.3, 0.4) is 0 Å². The molecule has 1 aliphatic heterocycles. The summed E-state index contributed by atoms with van der Waals surface area (Å²) in [5.41, 5.74) is 1.25. The Kier molecular flexibility index (Phi) is 7.61. The van der Waals surface area contributed by atoms with Crippen LogP contribution in [0.2, 0.25) is 0 Å².